The molecule has 0 aliphatic heterocycles. The highest BCUT2D eigenvalue weighted by Gasteiger charge is 2.36. The van der Waals surface area contributed by atoms with E-state index < -0.39 is 11.5 Å². The number of hydrogen-bond acceptors (Lipinski definition) is 2. The third-order valence-electron chi connectivity index (χ3n) is 4.83. The zero-order valence-corrected chi connectivity index (χ0v) is 13.8. The average Bonchev–Trinajstić information content (AvgIpc) is 2.84. The number of fused-ring (bicyclic) bond motifs is 1. The van der Waals surface area contributed by atoms with Crippen molar-refractivity contribution in [2.75, 3.05) is 0 Å². The second-order valence-corrected chi connectivity index (χ2v) is 6.91. The summed E-state index contributed by atoms with van der Waals surface area (Å²) in [4.78, 5) is 12.8. The van der Waals surface area contributed by atoms with Gasteiger partial charge in [-0.15, -0.1) is 0 Å². The Labute approximate surface area is 137 Å². The lowest BCUT2D eigenvalue weighted by atomic mass is 9.83. The van der Waals surface area contributed by atoms with E-state index in [1.807, 2.05) is 69.3 Å². The van der Waals surface area contributed by atoms with Gasteiger partial charge in [0.2, 0.25) is 5.91 Å². The molecular weight excluding hydrogens is 286 g/mol. The molecule has 0 fully saturated rings. The van der Waals surface area contributed by atoms with E-state index in [9.17, 15) is 9.90 Å². The van der Waals surface area contributed by atoms with E-state index in [1.54, 1.807) is 0 Å². The first-order chi connectivity index (χ1) is 10.9. The molecule has 2 atom stereocenters. The highest BCUT2D eigenvalue weighted by Crippen LogP contribution is 2.33. The lowest BCUT2D eigenvalue weighted by Gasteiger charge is -2.28. The van der Waals surface area contributed by atoms with Gasteiger partial charge >= 0.3 is 0 Å². The Morgan fingerprint density at radius 1 is 1.13 bits per heavy atom. The summed E-state index contributed by atoms with van der Waals surface area (Å²) in [5, 5.41) is 13.4. The van der Waals surface area contributed by atoms with Gasteiger partial charge in [0.15, 0.2) is 0 Å². The zero-order valence-electron chi connectivity index (χ0n) is 13.8. The Hall–Kier alpha value is -2.13. The second kappa shape index (κ2) is 5.82. The van der Waals surface area contributed by atoms with Crippen LogP contribution in [0.4, 0.5) is 0 Å². The summed E-state index contributed by atoms with van der Waals surface area (Å²) in [6.07, 6.45) is 0.0247. The second-order valence-electron chi connectivity index (χ2n) is 6.91. The first-order valence-electron chi connectivity index (χ1n) is 8.03. The molecule has 1 aliphatic carbocycles. The maximum Gasteiger partial charge on any atom is 0.230 e. The molecule has 2 aromatic carbocycles. The molecule has 0 unspecified atom stereocenters. The highest BCUT2D eigenvalue weighted by molar-refractivity contribution is 5.87. The van der Waals surface area contributed by atoms with Crippen molar-refractivity contribution in [3.05, 3.63) is 70.8 Å². The number of aryl methyl sites for hydroxylation is 1. The lowest BCUT2D eigenvalue weighted by Crippen LogP contribution is -2.44. The predicted octanol–water partition coefficient (Wildman–Crippen LogP) is 3.05. The molecule has 2 aromatic rings. The van der Waals surface area contributed by atoms with Gasteiger partial charge in [-0.2, -0.15) is 0 Å². The number of rotatable bonds is 3. The van der Waals surface area contributed by atoms with E-state index in [4.69, 9.17) is 0 Å². The van der Waals surface area contributed by atoms with Crippen LogP contribution in [-0.4, -0.2) is 17.1 Å². The van der Waals surface area contributed by atoms with Gasteiger partial charge in [-0.1, -0.05) is 54.1 Å². The minimum Gasteiger partial charge on any atom is -0.390 e. The van der Waals surface area contributed by atoms with Crippen LogP contribution >= 0.6 is 0 Å². The van der Waals surface area contributed by atoms with Crippen LogP contribution < -0.4 is 5.32 Å². The van der Waals surface area contributed by atoms with Gasteiger partial charge in [0.05, 0.1) is 17.6 Å². The molecule has 3 nitrogen and oxygen atoms in total. The minimum absolute atomic E-state index is 0.0675. The number of hydrogen-bond donors (Lipinski definition) is 2. The van der Waals surface area contributed by atoms with Crippen LogP contribution in [0.5, 0.6) is 0 Å². The largest absolute Gasteiger partial charge is 0.390 e. The van der Waals surface area contributed by atoms with Crippen molar-refractivity contribution < 1.29 is 9.90 Å². The van der Waals surface area contributed by atoms with Crippen LogP contribution in [0, 0.1) is 6.92 Å². The van der Waals surface area contributed by atoms with Crippen LogP contribution in [0.1, 0.15) is 42.1 Å². The zero-order chi connectivity index (χ0) is 16.6. The van der Waals surface area contributed by atoms with Crippen LogP contribution in [0.25, 0.3) is 0 Å². The first-order valence-corrected chi connectivity index (χ1v) is 8.03. The van der Waals surface area contributed by atoms with E-state index >= 15 is 0 Å². The van der Waals surface area contributed by atoms with E-state index in [2.05, 4.69) is 5.32 Å². The summed E-state index contributed by atoms with van der Waals surface area (Å²) in [7, 11) is 0. The Kier molecular flexibility index (Phi) is 3.99. The maximum atomic E-state index is 12.8. The molecule has 0 radical (unpaired) electrons. The first kappa shape index (κ1) is 15.8. The number of nitrogens with one attached hydrogen (secondary N) is 1. The van der Waals surface area contributed by atoms with Gasteiger partial charge in [0.25, 0.3) is 0 Å². The maximum absolute atomic E-state index is 12.8. The Morgan fingerprint density at radius 3 is 2.48 bits per heavy atom. The number of aliphatic hydroxyl groups excluding tert-OH is 1. The summed E-state index contributed by atoms with van der Waals surface area (Å²) in [6.45, 7) is 5.86. The van der Waals surface area contributed by atoms with Gasteiger partial charge in [-0.05, 0) is 37.5 Å². The monoisotopic (exact) mass is 309 g/mol. The van der Waals surface area contributed by atoms with Crippen LogP contribution in [0.15, 0.2) is 48.5 Å². The fraction of sp³-hybridized carbons (Fsp3) is 0.350. The van der Waals surface area contributed by atoms with Crippen LogP contribution in [-0.2, 0) is 16.6 Å². The molecule has 0 saturated carbocycles. The summed E-state index contributed by atoms with van der Waals surface area (Å²) < 4.78 is 0. The molecule has 3 rings (SSSR count). The normalized spacial score (nSPS) is 20.2. The summed E-state index contributed by atoms with van der Waals surface area (Å²) in [6, 6.07) is 15.6. The van der Waals surface area contributed by atoms with Crippen molar-refractivity contribution in [2.24, 2.45) is 0 Å². The van der Waals surface area contributed by atoms with Crippen molar-refractivity contribution in [1.82, 2.24) is 5.32 Å². The molecule has 1 aliphatic rings. The van der Waals surface area contributed by atoms with E-state index in [0.29, 0.717) is 6.42 Å². The molecule has 23 heavy (non-hydrogen) atoms. The number of amides is 1. The topological polar surface area (TPSA) is 49.3 Å². The molecule has 0 bridgehead atoms. The Morgan fingerprint density at radius 2 is 1.78 bits per heavy atom. The van der Waals surface area contributed by atoms with Crippen molar-refractivity contribution in [3.8, 4) is 0 Å². The van der Waals surface area contributed by atoms with Crippen molar-refractivity contribution in [2.45, 2.75) is 44.8 Å². The predicted molar refractivity (Wildman–Crippen MR) is 91.2 cm³/mol. The van der Waals surface area contributed by atoms with Crippen LogP contribution in [0.3, 0.4) is 0 Å². The number of benzene rings is 2. The summed E-state index contributed by atoms with van der Waals surface area (Å²) in [5.41, 5.74) is 3.63. The number of carbonyl (C=O) groups is 1. The van der Waals surface area contributed by atoms with Crippen molar-refractivity contribution in [1.29, 1.82) is 0 Å². The van der Waals surface area contributed by atoms with Gasteiger partial charge < -0.3 is 10.4 Å². The molecule has 0 aromatic heterocycles. The molecule has 0 heterocycles. The minimum atomic E-state index is -0.648. The quantitative estimate of drug-likeness (QED) is 0.915. The SMILES string of the molecule is Cc1ccc(C(C)(C)C(=O)N[C@H]2c3ccccc3C[C@H]2O)cc1. The van der Waals surface area contributed by atoms with E-state index in [1.165, 1.54) is 5.56 Å². The third-order valence-corrected chi connectivity index (χ3v) is 4.83. The smallest absolute Gasteiger partial charge is 0.230 e. The molecule has 0 spiro atoms. The molecule has 3 heteroatoms. The van der Waals surface area contributed by atoms with E-state index in [-0.39, 0.29) is 11.9 Å². The third kappa shape index (κ3) is 2.89. The highest BCUT2D eigenvalue weighted by atomic mass is 16.3. The molecule has 2 N–H and O–H groups in total. The molecule has 1 amide bonds. The average molecular weight is 309 g/mol. The molecule has 120 valence electrons. The molecule has 0 saturated heterocycles. The van der Waals surface area contributed by atoms with Gasteiger partial charge in [-0.3, -0.25) is 4.79 Å². The Balaban J connectivity index is 1.82. The van der Waals surface area contributed by atoms with Crippen LogP contribution in [0.2, 0.25) is 0 Å². The standard InChI is InChI=1S/C20H23NO2/c1-13-8-10-15(11-9-13)20(2,3)19(23)21-18-16-7-5-4-6-14(16)12-17(18)22/h4-11,17-18,22H,12H2,1-3H3,(H,21,23)/t17-,18+/m1/s1. The van der Waals surface area contributed by atoms with Crippen molar-refractivity contribution in [3.63, 3.8) is 0 Å². The number of carbonyl (C=O) groups excluding carboxylic acids is 1. The fourth-order valence-electron chi connectivity index (χ4n) is 3.17. The van der Waals surface area contributed by atoms with E-state index in [0.717, 1.165) is 16.7 Å². The lowest BCUT2D eigenvalue weighted by molar-refractivity contribution is -0.127. The summed E-state index contributed by atoms with van der Waals surface area (Å²) >= 11 is 0. The number of aliphatic hydroxyl groups is 1. The summed E-state index contributed by atoms with van der Waals surface area (Å²) in [5.74, 6) is -0.0675. The van der Waals surface area contributed by atoms with Gasteiger partial charge in [0.1, 0.15) is 0 Å². The molecular formula is C20H23NO2. The fourth-order valence-corrected chi connectivity index (χ4v) is 3.17. The van der Waals surface area contributed by atoms with Crippen molar-refractivity contribution >= 4 is 5.91 Å². The van der Waals surface area contributed by atoms with Gasteiger partial charge in [-0.25, -0.2) is 0 Å². The Bertz CT molecular complexity index is 719. The van der Waals surface area contributed by atoms with Gasteiger partial charge in [0, 0.05) is 6.42 Å².